The van der Waals surface area contributed by atoms with Crippen LogP contribution >= 0.6 is 11.6 Å². The van der Waals surface area contributed by atoms with Crippen LogP contribution in [0.3, 0.4) is 0 Å². The maximum atomic E-state index is 13.7. The van der Waals surface area contributed by atoms with Crippen molar-refractivity contribution in [3.05, 3.63) is 87.2 Å². The van der Waals surface area contributed by atoms with Crippen molar-refractivity contribution in [2.75, 3.05) is 0 Å². The van der Waals surface area contributed by atoms with E-state index in [1.807, 2.05) is 4.57 Å². The smallest absolute Gasteiger partial charge is 0.286 e. The molecule has 1 aliphatic rings. The summed E-state index contributed by atoms with van der Waals surface area (Å²) in [5, 5.41) is 0.530. The van der Waals surface area contributed by atoms with Crippen LogP contribution in [0.1, 0.15) is 30.3 Å². The predicted molar refractivity (Wildman–Crippen MR) is 106 cm³/mol. The molecule has 0 aliphatic heterocycles. The van der Waals surface area contributed by atoms with Crippen molar-refractivity contribution in [1.82, 2.24) is 19.1 Å². The number of hydrogen-bond acceptors (Lipinski definition) is 3. The van der Waals surface area contributed by atoms with Crippen LogP contribution in [0.2, 0.25) is 5.02 Å². The summed E-state index contributed by atoms with van der Waals surface area (Å²) >= 11 is 5.98. The van der Waals surface area contributed by atoms with E-state index in [4.69, 9.17) is 16.6 Å². The van der Waals surface area contributed by atoms with Gasteiger partial charge in [0.2, 0.25) is 0 Å². The minimum absolute atomic E-state index is 0.0817. The molecule has 5 nitrogen and oxygen atoms in total. The first kappa shape index (κ1) is 18.0. The average Bonchev–Trinajstić information content (AvgIpc) is 3.42. The fourth-order valence-corrected chi connectivity index (χ4v) is 3.63. The number of nitrogens with zero attached hydrogens (tertiary/aromatic N) is 4. The Labute approximate surface area is 169 Å². The first-order chi connectivity index (χ1) is 14.0. The SMILES string of the molecule is O=c1c2ncn(C3CC3)c2nc(Cc2cc(F)cc(F)c2)n1-c1ccc(Cl)cc1. The van der Waals surface area contributed by atoms with Crippen molar-refractivity contribution >= 4 is 22.8 Å². The lowest BCUT2D eigenvalue weighted by Crippen LogP contribution is -2.24. The molecule has 4 aromatic rings. The minimum Gasteiger partial charge on any atom is -0.312 e. The van der Waals surface area contributed by atoms with Crippen LogP contribution in [-0.2, 0) is 6.42 Å². The van der Waals surface area contributed by atoms with Crippen molar-refractivity contribution in [1.29, 1.82) is 0 Å². The Morgan fingerprint density at radius 1 is 1.07 bits per heavy atom. The monoisotopic (exact) mass is 412 g/mol. The van der Waals surface area contributed by atoms with E-state index in [0.29, 0.717) is 27.7 Å². The maximum absolute atomic E-state index is 13.7. The number of fused-ring (bicyclic) bond motifs is 1. The van der Waals surface area contributed by atoms with E-state index in [2.05, 4.69) is 4.98 Å². The molecular weight excluding hydrogens is 398 g/mol. The molecule has 0 bridgehead atoms. The molecule has 0 unspecified atom stereocenters. The highest BCUT2D eigenvalue weighted by atomic mass is 35.5. The molecule has 0 N–H and O–H groups in total. The Morgan fingerprint density at radius 2 is 1.76 bits per heavy atom. The highest BCUT2D eigenvalue weighted by Gasteiger charge is 2.27. The van der Waals surface area contributed by atoms with Gasteiger partial charge in [0.25, 0.3) is 5.56 Å². The molecule has 29 heavy (non-hydrogen) atoms. The van der Waals surface area contributed by atoms with Gasteiger partial charge in [-0.15, -0.1) is 0 Å². The van der Waals surface area contributed by atoms with Crippen LogP contribution in [0.4, 0.5) is 8.78 Å². The summed E-state index contributed by atoms with van der Waals surface area (Å²) in [6.07, 6.45) is 3.74. The van der Waals surface area contributed by atoms with Gasteiger partial charge >= 0.3 is 0 Å². The van der Waals surface area contributed by atoms with Gasteiger partial charge in [-0.25, -0.2) is 18.7 Å². The Balaban J connectivity index is 1.74. The highest BCUT2D eigenvalue weighted by Crippen LogP contribution is 2.36. The summed E-state index contributed by atoms with van der Waals surface area (Å²) in [7, 11) is 0. The van der Waals surface area contributed by atoms with Crippen LogP contribution < -0.4 is 5.56 Å². The second kappa shape index (κ2) is 6.77. The van der Waals surface area contributed by atoms with E-state index in [1.165, 1.54) is 16.7 Å². The summed E-state index contributed by atoms with van der Waals surface area (Å²) in [6, 6.07) is 10.3. The van der Waals surface area contributed by atoms with E-state index >= 15 is 0 Å². The number of imidazole rings is 1. The van der Waals surface area contributed by atoms with E-state index in [0.717, 1.165) is 18.9 Å². The molecule has 2 aromatic carbocycles. The largest absolute Gasteiger partial charge is 0.312 e. The van der Waals surface area contributed by atoms with Gasteiger partial charge in [-0.1, -0.05) is 11.6 Å². The van der Waals surface area contributed by atoms with Gasteiger partial charge in [0.1, 0.15) is 17.5 Å². The molecule has 0 atom stereocenters. The first-order valence-corrected chi connectivity index (χ1v) is 9.57. The molecule has 5 rings (SSSR count). The molecule has 0 radical (unpaired) electrons. The standard InChI is InChI=1S/C21H15ClF2N4O/c22-13-1-3-17(4-2-13)28-18(9-12-7-14(23)10-15(24)8-12)26-20-19(21(28)29)25-11-27(20)16-5-6-16/h1-4,7-8,10-11,16H,5-6,9H2. The maximum Gasteiger partial charge on any atom is 0.286 e. The zero-order chi connectivity index (χ0) is 20.1. The number of benzene rings is 2. The third kappa shape index (κ3) is 3.31. The zero-order valence-electron chi connectivity index (χ0n) is 15.1. The van der Waals surface area contributed by atoms with Gasteiger partial charge in [0.15, 0.2) is 11.2 Å². The van der Waals surface area contributed by atoms with Crippen molar-refractivity contribution in [3.63, 3.8) is 0 Å². The summed E-state index contributed by atoms with van der Waals surface area (Å²) in [4.78, 5) is 22.3. The molecule has 2 aromatic heterocycles. The van der Waals surface area contributed by atoms with Crippen molar-refractivity contribution in [3.8, 4) is 5.69 Å². The second-order valence-corrected chi connectivity index (χ2v) is 7.59. The minimum atomic E-state index is -0.676. The quantitative estimate of drug-likeness (QED) is 0.498. The van der Waals surface area contributed by atoms with Gasteiger partial charge in [0.05, 0.1) is 12.0 Å². The number of aromatic nitrogens is 4. The zero-order valence-corrected chi connectivity index (χ0v) is 15.9. The Morgan fingerprint density at radius 3 is 2.41 bits per heavy atom. The third-order valence-corrected chi connectivity index (χ3v) is 5.23. The predicted octanol–water partition coefficient (Wildman–Crippen LogP) is 4.44. The van der Waals surface area contributed by atoms with Crippen LogP contribution in [0.15, 0.2) is 53.6 Å². The Kier molecular flexibility index (Phi) is 4.20. The number of rotatable bonds is 4. The summed E-state index contributed by atoms with van der Waals surface area (Å²) in [5.74, 6) is -0.980. The molecule has 1 saturated carbocycles. The Bertz CT molecular complexity index is 1270. The molecule has 2 heterocycles. The molecule has 1 aliphatic carbocycles. The van der Waals surface area contributed by atoms with Crippen LogP contribution in [0.5, 0.6) is 0 Å². The summed E-state index contributed by atoms with van der Waals surface area (Å²) in [5.41, 5.74) is 1.37. The fraction of sp³-hybridized carbons (Fsp3) is 0.190. The van der Waals surface area contributed by atoms with Gasteiger partial charge in [0, 0.05) is 23.6 Å². The van der Waals surface area contributed by atoms with Crippen molar-refractivity contribution in [2.24, 2.45) is 0 Å². The third-order valence-electron chi connectivity index (χ3n) is 4.98. The lowest BCUT2D eigenvalue weighted by atomic mass is 10.1. The summed E-state index contributed by atoms with van der Waals surface area (Å²) < 4.78 is 30.7. The van der Waals surface area contributed by atoms with Crippen molar-refractivity contribution in [2.45, 2.75) is 25.3 Å². The first-order valence-electron chi connectivity index (χ1n) is 9.19. The molecule has 0 amide bonds. The molecule has 146 valence electrons. The normalized spacial score (nSPS) is 13.9. The van der Waals surface area contributed by atoms with E-state index < -0.39 is 11.6 Å². The molecule has 0 spiro atoms. The molecule has 8 heteroatoms. The fourth-order valence-electron chi connectivity index (χ4n) is 3.50. The highest BCUT2D eigenvalue weighted by molar-refractivity contribution is 6.30. The van der Waals surface area contributed by atoms with Crippen LogP contribution in [0.25, 0.3) is 16.9 Å². The van der Waals surface area contributed by atoms with Gasteiger partial charge in [-0.05, 0) is 54.8 Å². The lowest BCUT2D eigenvalue weighted by Gasteiger charge is -2.13. The Hall–Kier alpha value is -3.06. The molecule has 0 saturated heterocycles. The van der Waals surface area contributed by atoms with E-state index in [-0.39, 0.29) is 23.5 Å². The van der Waals surface area contributed by atoms with Crippen molar-refractivity contribution < 1.29 is 8.78 Å². The van der Waals surface area contributed by atoms with Gasteiger partial charge in [-0.2, -0.15) is 0 Å². The number of hydrogen-bond donors (Lipinski definition) is 0. The lowest BCUT2D eigenvalue weighted by molar-refractivity contribution is 0.580. The molecule has 1 fully saturated rings. The van der Waals surface area contributed by atoms with Crippen LogP contribution in [-0.4, -0.2) is 19.1 Å². The number of halogens is 3. The van der Waals surface area contributed by atoms with Gasteiger partial charge in [-0.3, -0.25) is 9.36 Å². The van der Waals surface area contributed by atoms with E-state index in [1.54, 1.807) is 30.6 Å². The summed E-state index contributed by atoms with van der Waals surface area (Å²) in [6.45, 7) is 0. The average molecular weight is 413 g/mol. The van der Waals surface area contributed by atoms with E-state index in [9.17, 15) is 13.6 Å². The van der Waals surface area contributed by atoms with Gasteiger partial charge < -0.3 is 4.57 Å². The topological polar surface area (TPSA) is 52.7 Å². The second-order valence-electron chi connectivity index (χ2n) is 7.15. The molecular formula is C21H15ClF2N4O. The van der Waals surface area contributed by atoms with Crippen LogP contribution in [0, 0.1) is 11.6 Å².